The van der Waals surface area contributed by atoms with Crippen LogP contribution < -0.4 is 14.8 Å². The number of nitrogens with zero attached hydrogens (tertiary/aromatic N) is 1. The fourth-order valence-electron chi connectivity index (χ4n) is 2.26. The zero-order chi connectivity index (χ0) is 16.5. The minimum atomic E-state index is -0.213. The summed E-state index contributed by atoms with van der Waals surface area (Å²) in [7, 11) is 0. The standard InChI is InChI=1S/C16H11ClN2O3S2/c17-14-4-3-13(24-14)15(20)19-16-18-10(8-23-16)9-1-2-11-12(7-9)22-6-5-21-11/h1-4,7-8H,5-6H2,(H,18,19,20). The molecule has 3 heterocycles. The van der Waals surface area contributed by atoms with Gasteiger partial charge < -0.3 is 9.47 Å². The van der Waals surface area contributed by atoms with Crippen LogP contribution in [-0.2, 0) is 0 Å². The van der Waals surface area contributed by atoms with Crippen molar-refractivity contribution in [3.63, 3.8) is 0 Å². The number of halogens is 1. The van der Waals surface area contributed by atoms with E-state index in [0.29, 0.717) is 33.3 Å². The van der Waals surface area contributed by atoms with Gasteiger partial charge in [-0.25, -0.2) is 4.98 Å². The van der Waals surface area contributed by atoms with Gasteiger partial charge in [-0.3, -0.25) is 10.1 Å². The van der Waals surface area contributed by atoms with Crippen molar-refractivity contribution in [1.29, 1.82) is 0 Å². The molecule has 0 fully saturated rings. The van der Waals surface area contributed by atoms with E-state index in [1.165, 1.54) is 22.7 Å². The van der Waals surface area contributed by atoms with E-state index in [9.17, 15) is 4.79 Å². The third kappa shape index (κ3) is 3.10. The maximum absolute atomic E-state index is 12.1. The summed E-state index contributed by atoms with van der Waals surface area (Å²) in [6.07, 6.45) is 0. The number of benzene rings is 1. The van der Waals surface area contributed by atoms with E-state index in [4.69, 9.17) is 21.1 Å². The quantitative estimate of drug-likeness (QED) is 0.726. The molecule has 122 valence electrons. The van der Waals surface area contributed by atoms with Gasteiger partial charge in [0.15, 0.2) is 16.6 Å². The average Bonchev–Trinajstić information content (AvgIpc) is 3.23. The topological polar surface area (TPSA) is 60.5 Å². The molecule has 1 N–H and O–H groups in total. The number of anilines is 1. The van der Waals surface area contributed by atoms with Crippen LogP contribution in [0.2, 0.25) is 4.34 Å². The van der Waals surface area contributed by atoms with Crippen LogP contribution in [0.4, 0.5) is 5.13 Å². The van der Waals surface area contributed by atoms with Gasteiger partial charge in [-0.1, -0.05) is 11.6 Å². The molecule has 1 aliphatic heterocycles. The monoisotopic (exact) mass is 378 g/mol. The zero-order valence-electron chi connectivity index (χ0n) is 12.2. The molecule has 5 nitrogen and oxygen atoms in total. The SMILES string of the molecule is O=C(Nc1nc(-c2ccc3c(c2)OCCO3)cs1)c1ccc(Cl)s1. The minimum Gasteiger partial charge on any atom is -0.486 e. The van der Waals surface area contributed by atoms with Crippen molar-refractivity contribution in [2.24, 2.45) is 0 Å². The first-order valence-corrected chi connectivity index (χ1v) is 9.19. The number of carbonyl (C=O) groups is 1. The van der Waals surface area contributed by atoms with Gasteiger partial charge in [-0.05, 0) is 30.3 Å². The second-order valence-corrected chi connectivity index (χ2v) is 7.53. The molecule has 0 unspecified atom stereocenters. The van der Waals surface area contributed by atoms with E-state index in [1.54, 1.807) is 12.1 Å². The van der Waals surface area contributed by atoms with Crippen LogP contribution in [0.3, 0.4) is 0 Å². The summed E-state index contributed by atoms with van der Waals surface area (Å²) in [5, 5.41) is 5.22. The summed E-state index contributed by atoms with van der Waals surface area (Å²) in [6, 6.07) is 9.08. The predicted molar refractivity (Wildman–Crippen MR) is 95.8 cm³/mol. The molecular formula is C16H11ClN2O3S2. The third-order valence-electron chi connectivity index (χ3n) is 3.36. The van der Waals surface area contributed by atoms with E-state index in [1.807, 2.05) is 23.6 Å². The van der Waals surface area contributed by atoms with Gasteiger partial charge in [0.2, 0.25) is 0 Å². The summed E-state index contributed by atoms with van der Waals surface area (Å²) in [5.74, 6) is 1.24. The van der Waals surface area contributed by atoms with E-state index in [2.05, 4.69) is 10.3 Å². The lowest BCUT2D eigenvalue weighted by atomic mass is 10.1. The molecule has 1 aromatic carbocycles. The van der Waals surface area contributed by atoms with Crippen molar-refractivity contribution in [2.45, 2.75) is 0 Å². The number of amides is 1. The van der Waals surface area contributed by atoms with Crippen molar-refractivity contribution in [1.82, 2.24) is 4.98 Å². The van der Waals surface area contributed by atoms with E-state index in [-0.39, 0.29) is 5.91 Å². The molecule has 0 atom stereocenters. The highest BCUT2D eigenvalue weighted by molar-refractivity contribution is 7.18. The number of ether oxygens (including phenoxy) is 2. The molecule has 0 saturated heterocycles. The van der Waals surface area contributed by atoms with Gasteiger partial charge in [-0.15, -0.1) is 22.7 Å². The molecule has 0 aliphatic carbocycles. The Morgan fingerprint density at radius 2 is 2.00 bits per heavy atom. The molecule has 1 aliphatic rings. The van der Waals surface area contributed by atoms with Gasteiger partial charge in [0, 0.05) is 10.9 Å². The first-order chi connectivity index (χ1) is 11.7. The molecule has 0 bridgehead atoms. The Morgan fingerprint density at radius 3 is 2.79 bits per heavy atom. The van der Waals surface area contributed by atoms with Gasteiger partial charge >= 0.3 is 0 Å². The second kappa shape index (κ2) is 6.43. The average molecular weight is 379 g/mol. The summed E-state index contributed by atoms with van der Waals surface area (Å²) in [6.45, 7) is 1.10. The number of thiazole rings is 1. The largest absolute Gasteiger partial charge is 0.486 e. The van der Waals surface area contributed by atoms with Gasteiger partial charge in [0.05, 0.1) is 14.9 Å². The Balaban J connectivity index is 1.53. The van der Waals surface area contributed by atoms with Crippen molar-refractivity contribution in [3.05, 3.63) is 44.9 Å². The fourth-order valence-corrected chi connectivity index (χ4v) is 3.91. The number of hydrogen-bond acceptors (Lipinski definition) is 6. The first-order valence-electron chi connectivity index (χ1n) is 7.11. The molecule has 8 heteroatoms. The van der Waals surface area contributed by atoms with E-state index >= 15 is 0 Å². The zero-order valence-corrected chi connectivity index (χ0v) is 14.6. The maximum atomic E-state index is 12.1. The lowest BCUT2D eigenvalue weighted by Crippen LogP contribution is -2.15. The Labute approximate surface area is 150 Å². The lowest BCUT2D eigenvalue weighted by molar-refractivity contribution is 0.103. The molecule has 2 aromatic heterocycles. The molecule has 0 saturated carbocycles. The van der Waals surface area contributed by atoms with Crippen molar-refractivity contribution < 1.29 is 14.3 Å². The van der Waals surface area contributed by atoms with Gasteiger partial charge in [-0.2, -0.15) is 0 Å². The fraction of sp³-hybridized carbons (Fsp3) is 0.125. The highest BCUT2D eigenvalue weighted by atomic mass is 35.5. The summed E-state index contributed by atoms with van der Waals surface area (Å²) in [5.41, 5.74) is 1.69. The van der Waals surface area contributed by atoms with Crippen LogP contribution in [0.15, 0.2) is 35.7 Å². The Kier molecular flexibility index (Phi) is 4.13. The number of thiophene rings is 1. The van der Waals surface area contributed by atoms with Gasteiger partial charge in [0.1, 0.15) is 13.2 Å². The molecule has 4 rings (SSSR count). The summed E-state index contributed by atoms with van der Waals surface area (Å²) in [4.78, 5) is 17.2. The first kappa shape index (κ1) is 15.4. The number of nitrogens with one attached hydrogen (secondary N) is 1. The van der Waals surface area contributed by atoms with Gasteiger partial charge in [0.25, 0.3) is 5.91 Å². The third-order valence-corrected chi connectivity index (χ3v) is 5.35. The maximum Gasteiger partial charge on any atom is 0.267 e. The van der Waals surface area contributed by atoms with Crippen molar-refractivity contribution in [3.8, 4) is 22.8 Å². The van der Waals surface area contributed by atoms with Crippen LogP contribution in [0.1, 0.15) is 9.67 Å². The molecule has 3 aromatic rings. The predicted octanol–water partition coefficient (Wildman–Crippen LogP) is 4.55. The smallest absolute Gasteiger partial charge is 0.267 e. The summed E-state index contributed by atoms with van der Waals surface area (Å²) < 4.78 is 11.7. The van der Waals surface area contributed by atoms with Crippen molar-refractivity contribution in [2.75, 3.05) is 18.5 Å². The number of rotatable bonds is 3. The number of fused-ring (bicyclic) bond motifs is 1. The second-order valence-electron chi connectivity index (χ2n) is 4.95. The summed E-state index contributed by atoms with van der Waals surface area (Å²) >= 11 is 8.45. The molecule has 1 amide bonds. The number of hydrogen-bond donors (Lipinski definition) is 1. The molecular weight excluding hydrogens is 368 g/mol. The Hall–Kier alpha value is -2.09. The van der Waals surface area contributed by atoms with Crippen molar-refractivity contribution >= 4 is 45.3 Å². The van der Waals surface area contributed by atoms with Crippen LogP contribution in [-0.4, -0.2) is 24.1 Å². The highest BCUT2D eigenvalue weighted by Crippen LogP contribution is 2.35. The number of aromatic nitrogens is 1. The Morgan fingerprint density at radius 1 is 1.17 bits per heavy atom. The van der Waals surface area contributed by atoms with E-state index < -0.39 is 0 Å². The Bertz CT molecular complexity index is 906. The number of carbonyl (C=O) groups excluding carboxylic acids is 1. The molecule has 0 radical (unpaired) electrons. The van der Waals surface area contributed by atoms with E-state index in [0.717, 1.165) is 17.0 Å². The van der Waals surface area contributed by atoms with Crippen LogP contribution in [0.5, 0.6) is 11.5 Å². The van der Waals surface area contributed by atoms with Crippen LogP contribution in [0, 0.1) is 0 Å². The normalized spacial score (nSPS) is 12.9. The van der Waals surface area contributed by atoms with Crippen LogP contribution in [0.25, 0.3) is 11.3 Å². The van der Waals surface area contributed by atoms with Crippen LogP contribution >= 0.6 is 34.3 Å². The lowest BCUT2D eigenvalue weighted by Gasteiger charge is -2.18. The molecule has 24 heavy (non-hydrogen) atoms. The minimum absolute atomic E-state index is 0.213. The molecule has 0 spiro atoms. The highest BCUT2D eigenvalue weighted by Gasteiger charge is 2.15.